The molecule has 1 rings (SSSR count). The van der Waals surface area contributed by atoms with Gasteiger partial charge in [-0.1, -0.05) is 45.1 Å². The molecule has 19 heavy (non-hydrogen) atoms. The zero-order valence-corrected chi connectivity index (χ0v) is 12.2. The Hall–Kier alpha value is -1.33. The van der Waals surface area contributed by atoms with E-state index in [2.05, 4.69) is 13.0 Å². The zero-order chi connectivity index (χ0) is 13.9. The Balaban J connectivity index is 2.14. The molecule has 0 aliphatic heterocycles. The predicted molar refractivity (Wildman–Crippen MR) is 78.9 cm³/mol. The van der Waals surface area contributed by atoms with Gasteiger partial charge < -0.3 is 4.74 Å². The quantitative estimate of drug-likeness (QED) is 0.600. The Morgan fingerprint density at radius 1 is 1.11 bits per heavy atom. The number of rotatable bonds is 9. The summed E-state index contributed by atoms with van der Waals surface area (Å²) in [5, 5.41) is 8.81. The van der Waals surface area contributed by atoms with Gasteiger partial charge >= 0.3 is 0 Å². The molecule has 0 fully saturated rings. The fraction of sp³-hybridized carbons (Fsp3) is 0.588. The number of ether oxygens (including phenoxy) is 1. The van der Waals surface area contributed by atoms with Crippen LogP contribution in [0.4, 0.5) is 0 Å². The van der Waals surface area contributed by atoms with E-state index in [1.807, 2.05) is 25.1 Å². The van der Waals surface area contributed by atoms with Crippen molar-refractivity contribution in [3.8, 4) is 6.07 Å². The second-order valence-corrected chi connectivity index (χ2v) is 5.07. The summed E-state index contributed by atoms with van der Waals surface area (Å²) in [6.07, 6.45) is 7.75. The monoisotopic (exact) mass is 259 g/mol. The topological polar surface area (TPSA) is 33.0 Å². The van der Waals surface area contributed by atoms with Crippen LogP contribution in [0.1, 0.15) is 62.1 Å². The van der Waals surface area contributed by atoms with Crippen LogP contribution in [0.15, 0.2) is 18.2 Å². The first-order chi connectivity index (χ1) is 9.27. The molecule has 0 aromatic heterocycles. The second-order valence-electron chi connectivity index (χ2n) is 5.07. The van der Waals surface area contributed by atoms with Crippen molar-refractivity contribution in [2.24, 2.45) is 0 Å². The fourth-order valence-corrected chi connectivity index (χ4v) is 2.09. The van der Waals surface area contributed by atoms with Crippen LogP contribution in [0.2, 0.25) is 0 Å². The summed E-state index contributed by atoms with van der Waals surface area (Å²) in [4.78, 5) is 0. The molecular formula is C17H25NO. The van der Waals surface area contributed by atoms with E-state index in [0.29, 0.717) is 6.61 Å². The van der Waals surface area contributed by atoms with Crippen LogP contribution in [0.5, 0.6) is 0 Å². The van der Waals surface area contributed by atoms with Crippen LogP contribution in [0.25, 0.3) is 0 Å². The van der Waals surface area contributed by atoms with Gasteiger partial charge in [0.2, 0.25) is 0 Å². The number of nitrogens with zero attached hydrogens (tertiary/aromatic N) is 1. The van der Waals surface area contributed by atoms with Crippen LogP contribution in [-0.4, -0.2) is 6.61 Å². The molecule has 2 heteroatoms. The summed E-state index contributed by atoms with van der Waals surface area (Å²) >= 11 is 0. The highest BCUT2D eigenvalue weighted by atomic mass is 16.5. The van der Waals surface area contributed by atoms with Gasteiger partial charge in [-0.2, -0.15) is 5.26 Å². The SMILES string of the molecule is CCCCCCCCOCc1ccc(C#N)cc1C. The average molecular weight is 259 g/mol. The summed E-state index contributed by atoms with van der Waals surface area (Å²) in [7, 11) is 0. The van der Waals surface area contributed by atoms with E-state index in [0.717, 1.165) is 24.2 Å². The minimum absolute atomic E-state index is 0.659. The fourth-order valence-electron chi connectivity index (χ4n) is 2.09. The molecule has 0 heterocycles. The smallest absolute Gasteiger partial charge is 0.0991 e. The highest BCUT2D eigenvalue weighted by Crippen LogP contribution is 2.12. The van der Waals surface area contributed by atoms with Crippen molar-refractivity contribution in [2.75, 3.05) is 6.61 Å². The summed E-state index contributed by atoms with van der Waals surface area (Å²) in [6.45, 7) is 5.77. The van der Waals surface area contributed by atoms with Gasteiger partial charge in [-0.15, -0.1) is 0 Å². The molecule has 0 radical (unpaired) electrons. The molecule has 104 valence electrons. The molecule has 1 aromatic carbocycles. The number of hydrogen-bond acceptors (Lipinski definition) is 2. The van der Waals surface area contributed by atoms with Gasteiger partial charge in [0.25, 0.3) is 0 Å². The van der Waals surface area contributed by atoms with Gasteiger partial charge in [-0.05, 0) is 36.6 Å². The summed E-state index contributed by atoms with van der Waals surface area (Å²) in [5.74, 6) is 0. The minimum Gasteiger partial charge on any atom is -0.377 e. The average Bonchev–Trinajstić information content (AvgIpc) is 2.43. The number of aryl methyl sites for hydroxylation is 1. The third kappa shape index (κ3) is 6.40. The van der Waals surface area contributed by atoms with Gasteiger partial charge in [0.15, 0.2) is 0 Å². The third-order valence-electron chi connectivity index (χ3n) is 3.37. The lowest BCUT2D eigenvalue weighted by molar-refractivity contribution is 0.116. The van der Waals surface area contributed by atoms with Crippen LogP contribution < -0.4 is 0 Å². The van der Waals surface area contributed by atoms with Crippen molar-refractivity contribution in [2.45, 2.75) is 59.0 Å². The molecular weight excluding hydrogens is 234 g/mol. The Kier molecular flexibility index (Phi) is 7.93. The Morgan fingerprint density at radius 3 is 2.53 bits per heavy atom. The highest BCUT2D eigenvalue weighted by molar-refractivity contribution is 5.37. The van der Waals surface area contributed by atoms with Gasteiger partial charge in [-0.3, -0.25) is 0 Å². The van der Waals surface area contributed by atoms with Crippen LogP contribution >= 0.6 is 0 Å². The molecule has 0 N–H and O–H groups in total. The summed E-state index contributed by atoms with van der Waals surface area (Å²) in [5.41, 5.74) is 3.05. The van der Waals surface area contributed by atoms with Crippen molar-refractivity contribution >= 4 is 0 Å². The van der Waals surface area contributed by atoms with E-state index < -0.39 is 0 Å². The van der Waals surface area contributed by atoms with Crippen LogP contribution in [-0.2, 0) is 11.3 Å². The summed E-state index contributed by atoms with van der Waals surface area (Å²) < 4.78 is 5.70. The zero-order valence-electron chi connectivity index (χ0n) is 12.2. The van der Waals surface area contributed by atoms with E-state index in [1.54, 1.807) is 0 Å². The maximum absolute atomic E-state index is 8.81. The second kappa shape index (κ2) is 9.58. The molecule has 0 aliphatic carbocycles. The van der Waals surface area contributed by atoms with E-state index >= 15 is 0 Å². The first-order valence-electron chi connectivity index (χ1n) is 7.35. The van der Waals surface area contributed by atoms with Gasteiger partial charge in [0, 0.05) is 6.61 Å². The van der Waals surface area contributed by atoms with Crippen LogP contribution in [0, 0.1) is 18.3 Å². The lowest BCUT2D eigenvalue weighted by Gasteiger charge is -2.07. The molecule has 0 unspecified atom stereocenters. The maximum Gasteiger partial charge on any atom is 0.0991 e. The van der Waals surface area contributed by atoms with Crippen molar-refractivity contribution in [3.05, 3.63) is 34.9 Å². The highest BCUT2D eigenvalue weighted by Gasteiger charge is 2.00. The van der Waals surface area contributed by atoms with Crippen molar-refractivity contribution in [1.82, 2.24) is 0 Å². The molecule has 0 aliphatic rings. The molecule has 0 atom stereocenters. The third-order valence-corrected chi connectivity index (χ3v) is 3.37. The first-order valence-corrected chi connectivity index (χ1v) is 7.35. The lowest BCUT2D eigenvalue weighted by atomic mass is 10.1. The molecule has 0 spiro atoms. The molecule has 0 saturated heterocycles. The van der Waals surface area contributed by atoms with E-state index in [1.165, 1.54) is 37.7 Å². The molecule has 0 bridgehead atoms. The number of nitriles is 1. The Bertz CT molecular complexity index is 406. The van der Waals surface area contributed by atoms with Crippen LogP contribution in [0.3, 0.4) is 0 Å². The van der Waals surface area contributed by atoms with Crippen molar-refractivity contribution < 1.29 is 4.74 Å². The van der Waals surface area contributed by atoms with E-state index in [9.17, 15) is 0 Å². The van der Waals surface area contributed by atoms with Gasteiger partial charge in [0.1, 0.15) is 0 Å². The standard InChI is InChI=1S/C17H25NO/c1-3-4-5-6-7-8-11-19-14-17-10-9-16(13-18)12-15(17)2/h9-10,12H,3-8,11,14H2,1-2H3. The minimum atomic E-state index is 0.659. The largest absolute Gasteiger partial charge is 0.377 e. The number of benzene rings is 1. The van der Waals surface area contributed by atoms with Crippen molar-refractivity contribution in [1.29, 1.82) is 5.26 Å². The van der Waals surface area contributed by atoms with Gasteiger partial charge in [0.05, 0.1) is 18.2 Å². The maximum atomic E-state index is 8.81. The normalized spacial score (nSPS) is 10.4. The molecule has 2 nitrogen and oxygen atoms in total. The van der Waals surface area contributed by atoms with E-state index in [-0.39, 0.29) is 0 Å². The molecule has 1 aromatic rings. The Labute approximate surface area is 117 Å². The Morgan fingerprint density at radius 2 is 1.84 bits per heavy atom. The lowest BCUT2D eigenvalue weighted by Crippen LogP contribution is -1.98. The van der Waals surface area contributed by atoms with Gasteiger partial charge in [-0.25, -0.2) is 0 Å². The number of hydrogen-bond donors (Lipinski definition) is 0. The first kappa shape index (κ1) is 15.7. The number of unbranched alkanes of at least 4 members (excludes halogenated alkanes) is 5. The molecule has 0 saturated carbocycles. The predicted octanol–water partition coefficient (Wildman–Crippen LogP) is 4.74. The van der Waals surface area contributed by atoms with E-state index in [4.69, 9.17) is 10.00 Å². The summed E-state index contributed by atoms with van der Waals surface area (Å²) in [6, 6.07) is 7.93. The van der Waals surface area contributed by atoms with Crippen molar-refractivity contribution in [3.63, 3.8) is 0 Å². The molecule has 0 amide bonds.